The molecule has 0 fully saturated rings. The number of nitrogens with one attached hydrogen (secondary N) is 1. The Labute approximate surface area is 125 Å². The van der Waals surface area contributed by atoms with Crippen LogP contribution in [-0.4, -0.2) is 30.1 Å². The lowest BCUT2D eigenvalue weighted by Crippen LogP contribution is -2.29. The van der Waals surface area contributed by atoms with E-state index in [2.05, 4.69) is 5.32 Å². The number of hydrogen-bond acceptors (Lipinski definition) is 5. The molecule has 0 saturated heterocycles. The van der Waals surface area contributed by atoms with Crippen LogP contribution in [0.5, 0.6) is 5.75 Å². The van der Waals surface area contributed by atoms with Gasteiger partial charge in [0.15, 0.2) is 6.61 Å². The minimum Gasteiger partial charge on any atom is -0.484 e. The molecule has 116 valence electrons. The molecule has 7 heteroatoms. The Kier molecular flexibility index (Phi) is 5.13. The molecule has 2 N–H and O–H groups in total. The van der Waals surface area contributed by atoms with Gasteiger partial charge in [0, 0.05) is 30.5 Å². The van der Waals surface area contributed by atoms with Gasteiger partial charge in [0.25, 0.3) is 5.91 Å². The number of fused-ring (bicyclic) bond motifs is 1. The maximum Gasteiger partial charge on any atom is 0.336 e. The van der Waals surface area contributed by atoms with Crippen molar-refractivity contribution in [3.63, 3.8) is 0 Å². The van der Waals surface area contributed by atoms with E-state index in [0.717, 1.165) is 5.39 Å². The van der Waals surface area contributed by atoms with Gasteiger partial charge >= 0.3 is 11.6 Å². The Balaban J connectivity index is 1.84. The summed E-state index contributed by atoms with van der Waals surface area (Å²) < 4.78 is 10.3. The quantitative estimate of drug-likeness (QED) is 0.587. The fraction of sp³-hybridized carbons (Fsp3) is 0.267. The van der Waals surface area contributed by atoms with Crippen molar-refractivity contribution in [1.82, 2.24) is 5.32 Å². The van der Waals surface area contributed by atoms with Gasteiger partial charge in [-0.25, -0.2) is 4.79 Å². The molecule has 2 rings (SSSR count). The van der Waals surface area contributed by atoms with Crippen LogP contribution in [0, 0.1) is 0 Å². The SMILES string of the molecule is O=C(O)CCCNC(=O)COc1ccc2ccc(=O)oc2c1. The highest BCUT2D eigenvalue weighted by Crippen LogP contribution is 2.19. The molecule has 0 radical (unpaired) electrons. The largest absolute Gasteiger partial charge is 0.484 e. The van der Waals surface area contributed by atoms with Crippen molar-refractivity contribution >= 4 is 22.8 Å². The van der Waals surface area contributed by atoms with Crippen molar-refractivity contribution in [1.29, 1.82) is 0 Å². The van der Waals surface area contributed by atoms with Gasteiger partial charge < -0.3 is 19.6 Å². The summed E-state index contributed by atoms with van der Waals surface area (Å²) in [5.41, 5.74) is -0.0762. The minimum absolute atomic E-state index is 0.00481. The Bertz CT molecular complexity index is 736. The van der Waals surface area contributed by atoms with Crippen LogP contribution in [0.15, 0.2) is 39.5 Å². The van der Waals surface area contributed by atoms with Crippen molar-refractivity contribution in [2.24, 2.45) is 0 Å². The van der Waals surface area contributed by atoms with Crippen molar-refractivity contribution in [2.45, 2.75) is 12.8 Å². The zero-order valence-electron chi connectivity index (χ0n) is 11.7. The summed E-state index contributed by atoms with van der Waals surface area (Å²) in [6.45, 7) is 0.0801. The maximum atomic E-state index is 11.5. The highest BCUT2D eigenvalue weighted by atomic mass is 16.5. The monoisotopic (exact) mass is 305 g/mol. The van der Waals surface area contributed by atoms with E-state index in [0.29, 0.717) is 17.8 Å². The van der Waals surface area contributed by atoms with E-state index < -0.39 is 11.6 Å². The average Bonchev–Trinajstić information content (AvgIpc) is 2.49. The Morgan fingerprint density at radius 3 is 2.77 bits per heavy atom. The number of carboxylic acids is 1. The van der Waals surface area contributed by atoms with Gasteiger partial charge in [0.1, 0.15) is 11.3 Å². The van der Waals surface area contributed by atoms with E-state index in [9.17, 15) is 14.4 Å². The maximum absolute atomic E-state index is 11.5. The highest BCUT2D eigenvalue weighted by molar-refractivity contribution is 5.79. The molecule has 1 aromatic heterocycles. The van der Waals surface area contributed by atoms with Crippen molar-refractivity contribution in [2.75, 3.05) is 13.2 Å². The molecule has 22 heavy (non-hydrogen) atoms. The number of rotatable bonds is 7. The summed E-state index contributed by atoms with van der Waals surface area (Å²) in [4.78, 5) is 33.0. The van der Waals surface area contributed by atoms with E-state index in [1.54, 1.807) is 18.2 Å². The molecule has 1 aromatic carbocycles. The third kappa shape index (κ3) is 4.62. The lowest BCUT2D eigenvalue weighted by molar-refractivity contribution is -0.137. The van der Waals surface area contributed by atoms with Crippen LogP contribution in [0.3, 0.4) is 0 Å². The van der Waals surface area contributed by atoms with E-state index in [1.807, 2.05) is 0 Å². The van der Waals surface area contributed by atoms with Crippen LogP contribution >= 0.6 is 0 Å². The van der Waals surface area contributed by atoms with Gasteiger partial charge in [-0.05, 0) is 24.6 Å². The summed E-state index contributed by atoms with van der Waals surface area (Å²) in [5, 5.41) is 11.8. The molecular weight excluding hydrogens is 290 g/mol. The number of carbonyl (C=O) groups is 2. The van der Waals surface area contributed by atoms with Gasteiger partial charge in [-0.2, -0.15) is 0 Å². The third-order valence-corrected chi connectivity index (χ3v) is 2.85. The summed E-state index contributed by atoms with van der Waals surface area (Å²) >= 11 is 0. The van der Waals surface area contributed by atoms with E-state index in [1.165, 1.54) is 12.1 Å². The van der Waals surface area contributed by atoms with Gasteiger partial charge in [-0.3, -0.25) is 9.59 Å². The summed E-state index contributed by atoms with van der Waals surface area (Å²) in [5.74, 6) is -0.842. The molecule has 0 saturated carbocycles. The van der Waals surface area contributed by atoms with Crippen LogP contribution in [-0.2, 0) is 9.59 Å². The second-order valence-corrected chi connectivity index (χ2v) is 4.59. The normalized spacial score (nSPS) is 10.4. The zero-order chi connectivity index (χ0) is 15.9. The molecular formula is C15H15NO6. The fourth-order valence-electron chi connectivity index (χ4n) is 1.80. The van der Waals surface area contributed by atoms with Crippen LogP contribution in [0.1, 0.15) is 12.8 Å². The molecule has 0 bridgehead atoms. The highest BCUT2D eigenvalue weighted by Gasteiger charge is 2.05. The second-order valence-electron chi connectivity index (χ2n) is 4.59. The predicted molar refractivity (Wildman–Crippen MR) is 77.9 cm³/mol. The van der Waals surface area contributed by atoms with Crippen molar-refractivity contribution in [3.8, 4) is 5.75 Å². The first-order chi connectivity index (χ1) is 10.5. The third-order valence-electron chi connectivity index (χ3n) is 2.85. The predicted octanol–water partition coefficient (Wildman–Crippen LogP) is 1.15. The smallest absolute Gasteiger partial charge is 0.336 e. The lowest BCUT2D eigenvalue weighted by atomic mass is 10.2. The lowest BCUT2D eigenvalue weighted by Gasteiger charge is -2.07. The minimum atomic E-state index is -0.900. The van der Waals surface area contributed by atoms with Gasteiger partial charge in [0.05, 0.1) is 0 Å². The Morgan fingerprint density at radius 2 is 2.00 bits per heavy atom. The molecule has 1 heterocycles. The van der Waals surface area contributed by atoms with E-state index >= 15 is 0 Å². The first kappa shape index (κ1) is 15.6. The van der Waals surface area contributed by atoms with Crippen LogP contribution in [0.4, 0.5) is 0 Å². The molecule has 0 unspecified atom stereocenters. The van der Waals surface area contributed by atoms with E-state index in [4.69, 9.17) is 14.3 Å². The van der Waals surface area contributed by atoms with Crippen molar-refractivity contribution in [3.05, 3.63) is 40.8 Å². The Hall–Kier alpha value is -2.83. The number of amides is 1. The summed E-state index contributed by atoms with van der Waals surface area (Å²) in [7, 11) is 0. The second kappa shape index (κ2) is 7.26. The molecule has 0 aliphatic rings. The van der Waals surface area contributed by atoms with Crippen LogP contribution in [0.2, 0.25) is 0 Å². The average molecular weight is 305 g/mol. The van der Waals surface area contributed by atoms with Gasteiger partial charge in [-0.15, -0.1) is 0 Å². The first-order valence-electron chi connectivity index (χ1n) is 6.70. The molecule has 0 aliphatic heterocycles. The number of aliphatic carboxylic acids is 1. The number of hydrogen-bond donors (Lipinski definition) is 2. The number of benzene rings is 1. The fourth-order valence-corrected chi connectivity index (χ4v) is 1.80. The van der Waals surface area contributed by atoms with Crippen LogP contribution in [0.25, 0.3) is 11.0 Å². The Morgan fingerprint density at radius 1 is 1.23 bits per heavy atom. The molecule has 2 aromatic rings. The van der Waals surface area contributed by atoms with Crippen molar-refractivity contribution < 1.29 is 23.8 Å². The number of carboxylic acid groups (broad SMARTS) is 1. The topological polar surface area (TPSA) is 106 Å². The molecule has 7 nitrogen and oxygen atoms in total. The molecule has 0 atom stereocenters. The van der Waals surface area contributed by atoms with Crippen LogP contribution < -0.4 is 15.7 Å². The first-order valence-corrected chi connectivity index (χ1v) is 6.70. The summed E-state index contributed by atoms with van der Waals surface area (Å²) in [6.07, 6.45) is 0.368. The molecule has 0 aliphatic carbocycles. The number of carbonyl (C=O) groups excluding carboxylic acids is 1. The van der Waals surface area contributed by atoms with Gasteiger partial charge in [-0.1, -0.05) is 0 Å². The molecule has 1 amide bonds. The standard InChI is InChI=1S/C15H15NO6/c17-13(16-7-1-2-14(18)19)9-21-11-5-3-10-4-6-15(20)22-12(10)8-11/h3-6,8H,1-2,7,9H2,(H,16,17)(H,18,19). The summed E-state index contributed by atoms with van der Waals surface area (Å²) in [6, 6.07) is 7.89. The van der Waals surface area contributed by atoms with Gasteiger partial charge in [0.2, 0.25) is 0 Å². The molecule has 0 spiro atoms. The van der Waals surface area contributed by atoms with E-state index in [-0.39, 0.29) is 25.5 Å². The zero-order valence-corrected chi connectivity index (χ0v) is 11.7. The number of ether oxygens (including phenoxy) is 1.